The lowest BCUT2D eigenvalue weighted by molar-refractivity contribution is -0.144. The number of ether oxygens (including phenoxy) is 1. The van der Waals surface area contributed by atoms with Crippen LogP contribution >= 0.6 is 7.82 Å². The third-order valence-electron chi connectivity index (χ3n) is 6.03. The number of phosphoric ester groups is 1. The Labute approximate surface area is 220 Å². The van der Waals surface area contributed by atoms with Crippen molar-refractivity contribution in [1.29, 1.82) is 0 Å². The average Bonchev–Trinajstić information content (AvgIpc) is 2.87. The predicted octanol–water partition coefficient (Wildman–Crippen LogP) is 9.42. The molecule has 208 valence electrons. The third-order valence-corrected chi connectivity index (χ3v) is 7.54. The molecule has 1 aromatic carbocycles. The van der Waals surface area contributed by atoms with E-state index in [9.17, 15) is 9.36 Å². The van der Waals surface area contributed by atoms with Gasteiger partial charge in [0.2, 0.25) is 0 Å². The van der Waals surface area contributed by atoms with E-state index in [1.807, 2.05) is 6.07 Å². The highest BCUT2D eigenvalue weighted by molar-refractivity contribution is 7.48. The lowest BCUT2D eigenvalue weighted by atomic mass is 10.0. The molecule has 0 saturated carbocycles. The zero-order valence-electron chi connectivity index (χ0n) is 22.9. The Bertz CT molecular complexity index is 682. The molecule has 7 heteroatoms. The van der Waals surface area contributed by atoms with Crippen molar-refractivity contribution >= 4 is 13.8 Å². The van der Waals surface area contributed by atoms with Crippen molar-refractivity contribution < 1.29 is 27.7 Å². The monoisotopic (exact) mass is 526 g/mol. The topological polar surface area (TPSA) is 71.1 Å². The van der Waals surface area contributed by atoms with Crippen LogP contribution in [-0.2, 0) is 23.1 Å². The molecular formula is C29H51O6P. The number of hydrogen-bond acceptors (Lipinski definition) is 6. The first-order valence-electron chi connectivity index (χ1n) is 14.4. The number of benzene rings is 1. The van der Waals surface area contributed by atoms with Crippen LogP contribution in [0.15, 0.2) is 30.3 Å². The van der Waals surface area contributed by atoms with Gasteiger partial charge in [0, 0.05) is 12.8 Å². The van der Waals surface area contributed by atoms with Gasteiger partial charge in [0.15, 0.2) is 0 Å². The Morgan fingerprint density at radius 3 is 1.72 bits per heavy atom. The number of carbonyl (C=O) groups is 1. The third kappa shape index (κ3) is 18.8. The Morgan fingerprint density at radius 1 is 0.667 bits per heavy atom. The molecule has 1 rings (SSSR count). The quantitative estimate of drug-likeness (QED) is 0.0718. The summed E-state index contributed by atoms with van der Waals surface area (Å²) in [6.45, 7) is 4.55. The normalized spacial score (nSPS) is 12.8. The van der Waals surface area contributed by atoms with E-state index in [-0.39, 0.29) is 25.8 Å². The van der Waals surface area contributed by atoms with E-state index >= 15 is 0 Å². The summed E-state index contributed by atoms with van der Waals surface area (Å²) in [6.07, 6.45) is 20.4. The molecule has 6 nitrogen and oxygen atoms in total. The molecule has 0 aliphatic carbocycles. The standard InChI is InChI=1S/C29H51O6P/c1-3-5-6-7-8-9-10-11-12-13-14-15-16-17-21-25-29(30)32-26-22-27-34-36(31,33-4-2)35-28-23-19-18-20-24-28/h18-20,23-24H,3-17,21-22,25-27H2,1-2H3. The Kier molecular flexibility index (Phi) is 20.7. The SMILES string of the molecule is CCCCCCCCCCCCCCCCCC(=O)OCCCOP(=O)(OCC)Oc1ccccc1. The molecule has 0 aromatic heterocycles. The lowest BCUT2D eigenvalue weighted by Gasteiger charge is -2.17. The first-order valence-corrected chi connectivity index (χ1v) is 15.8. The summed E-state index contributed by atoms with van der Waals surface area (Å²) in [5.74, 6) is 0.238. The zero-order chi connectivity index (χ0) is 26.2. The van der Waals surface area contributed by atoms with Gasteiger partial charge in [-0.3, -0.25) is 13.8 Å². The number of unbranched alkanes of at least 4 members (excludes halogenated alkanes) is 14. The van der Waals surface area contributed by atoms with Gasteiger partial charge in [-0.05, 0) is 25.5 Å². The van der Waals surface area contributed by atoms with Crippen molar-refractivity contribution in [3.63, 3.8) is 0 Å². The van der Waals surface area contributed by atoms with Gasteiger partial charge >= 0.3 is 13.8 Å². The fraction of sp³-hybridized carbons (Fsp3) is 0.759. The summed E-state index contributed by atoms with van der Waals surface area (Å²) >= 11 is 0. The molecular weight excluding hydrogens is 475 g/mol. The van der Waals surface area contributed by atoms with E-state index in [4.69, 9.17) is 18.3 Å². The van der Waals surface area contributed by atoms with Crippen LogP contribution in [0.4, 0.5) is 0 Å². The van der Waals surface area contributed by atoms with Gasteiger partial charge in [-0.2, -0.15) is 0 Å². The molecule has 36 heavy (non-hydrogen) atoms. The minimum Gasteiger partial charge on any atom is -0.466 e. The molecule has 1 atom stereocenters. The minimum atomic E-state index is -3.69. The summed E-state index contributed by atoms with van der Waals surface area (Å²) in [5, 5.41) is 0. The number of esters is 1. The molecule has 0 fully saturated rings. The molecule has 0 saturated heterocycles. The number of rotatable bonds is 25. The van der Waals surface area contributed by atoms with Crippen molar-refractivity contribution in [2.24, 2.45) is 0 Å². The maximum absolute atomic E-state index is 12.7. The van der Waals surface area contributed by atoms with Crippen LogP contribution in [0.3, 0.4) is 0 Å². The summed E-state index contributed by atoms with van der Waals surface area (Å²) in [6, 6.07) is 8.78. The summed E-state index contributed by atoms with van der Waals surface area (Å²) in [4.78, 5) is 11.9. The second kappa shape index (κ2) is 22.8. The molecule has 0 N–H and O–H groups in total. The van der Waals surface area contributed by atoms with Crippen LogP contribution in [0.2, 0.25) is 0 Å². The summed E-state index contributed by atoms with van der Waals surface area (Å²) < 4.78 is 33.9. The number of hydrogen-bond donors (Lipinski definition) is 0. The smallest absolute Gasteiger partial charge is 0.466 e. The second-order valence-corrected chi connectivity index (χ2v) is 11.0. The highest BCUT2D eigenvalue weighted by atomic mass is 31.2. The van der Waals surface area contributed by atoms with Gasteiger partial charge in [-0.15, -0.1) is 0 Å². The molecule has 0 aliphatic heterocycles. The Balaban J connectivity index is 1.92. The molecule has 0 bridgehead atoms. The van der Waals surface area contributed by atoms with Crippen molar-refractivity contribution in [2.75, 3.05) is 19.8 Å². The first-order chi connectivity index (χ1) is 17.6. The number of carbonyl (C=O) groups excluding carboxylic acids is 1. The first kappa shape index (κ1) is 32.7. The molecule has 1 unspecified atom stereocenters. The molecule has 0 radical (unpaired) electrons. The fourth-order valence-electron chi connectivity index (χ4n) is 3.99. The van der Waals surface area contributed by atoms with E-state index in [1.165, 1.54) is 83.5 Å². The van der Waals surface area contributed by atoms with E-state index in [0.29, 0.717) is 18.6 Å². The largest absolute Gasteiger partial charge is 0.530 e. The van der Waals surface area contributed by atoms with Crippen molar-refractivity contribution in [2.45, 2.75) is 123 Å². The van der Waals surface area contributed by atoms with Gasteiger partial charge in [0.25, 0.3) is 0 Å². The van der Waals surface area contributed by atoms with Crippen LogP contribution in [0.5, 0.6) is 5.75 Å². The van der Waals surface area contributed by atoms with E-state index in [0.717, 1.165) is 12.8 Å². The van der Waals surface area contributed by atoms with Gasteiger partial charge in [0.05, 0.1) is 19.8 Å². The van der Waals surface area contributed by atoms with Crippen LogP contribution < -0.4 is 4.52 Å². The Morgan fingerprint density at radius 2 is 1.19 bits per heavy atom. The molecule has 0 aliphatic rings. The maximum Gasteiger partial charge on any atom is 0.530 e. The van der Waals surface area contributed by atoms with Crippen LogP contribution in [0, 0.1) is 0 Å². The number of phosphoric acid groups is 1. The van der Waals surface area contributed by atoms with Gasteiger partial charge in [-0.25, -0.2) is 4.57 Å². The van der Waals surface area contributed by atoms with E-state index in [2.05, 4.69) is 6.92 Å². The Hall–Kier alpha value is -1.36. The minimum absolute atomic E-state index is 0.121. The van der Waals surface area contributed by atoms with Crippen LogP contribution in [0.25, 0.3) is 0 Å². The molecule has 0 spiro atoms. The average molecular weight is 527 g/mol. The predicted molar refractivity (Wildman–Crippen MR) is 147 cm³/mol. The van der Waals surface area contributed by atoms with Gasteiger partial charge in [-0.1, -0.05) is 115 Å². The summed E-state index contributed by atoms with van der Waals surface area (Å²) in [5.41, 5.74) is 0. The molecule has 0 heterocycles. The highest BCUT2D eigenvalue weighted by Gasteiger charge is 2.27. The molecule has 1 aromatic rings. The van der Waals surface area contributed by atoms with Crippen LogP contribution in [0.1, 0.15) is 123 Å². The number of para-hydroxylation sites is 1. The van der Waals surface area contributed by atoms with Crippen molar-refractivity contribution in [3.8, 4) is 5.75 Å². The van der Waals surface area contributed by atoms with E-state index < -0.39 is 7.82 Å². The zero-order valence-corrected chi connectivity index (χ0v) is 23.8. The second-order valence-electron chi connectivity index (χ2n) is 9.38. The van der Waals surface area contributed by atoms with Crippen LogP contribution in [-0.4, -0.2) is 25.8 Å². The van der Waals surface area contributed by atoms with Gasteiger partial charge in [0.1, 0.15) is 5.75 Å². The summed E-state index contributed by atoms with van der Waals surface area (Å²) in [7, 11) is -3.69. The lowest BCUT2D eigenvalue weighted by Crippen LogP contribution is -2.09. The van der Waals surface area contributed by atoms with Gasteiger partial charge < -0.3 is 9.26 Å². The van der Waals surface area contributed by atoms with Crippen molar-refractivity contribution in [1.82, 2.24) is 0 Å². The van der Waals surface area contributed by atoms with Crippen molar-refractivity contribution in [3.05, 3.63) is 30.3 Å². The highest BCUT2D eigenvalue weighted by Crippen LogP contribution is 2.49. The van der Waals surface area contributed by atoms with E-state index in [1.54, 1.807) is 31.2 Å². The maximum atomic E-state index is 12.7. The fourth-order valence-corrected chi connectivity index (χ4v) is 5.22. The molecule has 0 amide bonds.